The Hall–Kier alpha value is -4.43. The molecule has 448 valence electrons. The van der Waals surface area contributed by atoms with Gasteiger partial charge in [0, 0.05) is 89.7 Å². The smallest absolute Gasteiger partial charge is 0.343 e. The molecule has 12 rings (SSSR count). The van der Waals surface area contributed by atoms with Gasteiger partial charge in [-0.15, -0.1) is 0 Å². The minimum Gasteiger partial charge on any atom is -0.525 e. The second-order valence-electron chi connectivity index (χ2n) is 22.8. The molecule has 1 atom stereocenters. The molecule has 0 radical (unpaired) electrons. The second kappa shape index (κ2) is 29.3. The van der Waals surface area contributed by atoms with Crippen molar-refractivity contribution in [1.29, 1.82) is 0 Å². The van der Waals surface area contributed by atoms with Crippen LogP contribution < -0.4 is 38.2 Å². The maximum absolute atomic E-state index is 14.3. The summed E-state index contributed by atoms with van der Waals surface area (Å²) in [6, 6.07) is 36.5. The van der Waals surface area contributed by atoms with Crippen molar-refractivity contribution in [3.05, 3.63) is 190 Å². The number of hydrogen-bond donors (Lipinski definition) is 0. The summed E-state index contributed by atoms with van der Waals surface area (Å²) in [5, 5.41) is 0. The summed E-state index contributed by atoms with van der Waals surface area (Å²) in [5.74, 6) is 6.99. The molecule has 0 saturated carbocycles. The van der Waals surface area contributed by atoms with Crippen molar-refractivity contribution in [2.45, 2.75) is 70.0 Å². The Balaban J connectivity index is 0.00000235. The van der Waals surface area contributed by atoms with E-state index in [1.165, 1.54) is 11.8 Å². The van der Waals surface area contributed by atoms with Crippen LogP contribution in [-0.2, 0) is 142 Å². The molecule has 2 aliphatic carbocycles. The van der Waals surface area contributed by atoms with Gasteiger partial charge in [-0.1, -0.05) is 105 Å². The average molecular weight is 1840 g/mol. The first-order chi connectivity index (χ1) is 39.3. The average Bonchev–Trinajstić information content (AvgIpc) is 1.57. The van der Waals surface area contributed by atoms with Gasteiger partial charge in [0.15, 0.2) is 11.5 Å². The van der Waals surface area contributed by atoms with Crippen molar-refractivity contribution in [2.24, 2.45) is 0 Å². The number of carbonyl (C=O) groups excluding carboxylic acids is 2. The quantitative estimate of drug-likeness (QED) is 0.0185. The van der Waals surface area contributed by atoms with Crippen LogP contribution in [0.5, 0.6) is 46.0 Å². The Morgan fingerprint density at radius 1 is 0.400 bits per heavy atom. The first-order valence-electron chi connectivity index (χ1n) is 27.3. The SMILES string of the molecule is CC1(C)CC2(CC(C)(C)c3cc(OC(=O)c4ccc(OC[C-]5COC5)cc4)c(OC(=O)c4ccc(OC[C-]5COC5)cc4)cc32)c2cc(OOCc3ccc(OC[C-]4COC4)cc3)c(OOCc3ccc(OC[C-]4COC4)cc3)cc21.[W].[W].[W].[W]. The van der Waals surface area contributed by atoms with Crippen LogP contribution in [0.25, 0.3) is 0 Å². The number of benzene rings is 6. The maximum atomic E-state index is 14.3. The van der Waals surface area contributed by atoms with Gasteiger partial charge in [0.25, 0.3) is 0 Å². The molecule has 4 heterocycles. The van der Waals surface area contributed by atoms with E-state index in [1.807, 2.05) is 72.8 Å². The molecule has 0 amide bonds. The van der Waals surface area contributed by atoms with Gasteiger partial charge in [0.05, 0.1) is 11.1 Å². The Labute approximate surface area is 553 Å². The number of esters is 2. The number of hydrogen-bond acceptors (Lipinski definition) is 16. The van der Waals surface area contributed by atoms with Gasteiger partial charge in [-0.2, -0.15) is 9.78 Å². The zero-order valence-electron chi connectivity index (χ0n) is 47.5. The molecule has 1 spiro atoms. The van der Waals surface area contributed by atoms with Crippen LogP contribution in [0.2, 0.25) is 0 Å². The Morgan fingerprint density at radius 3 is 0.988 bits per heavy atom. The van der Waals surface area contributed by atoms with Crippen LogP contribution in [0.4, 0.5) is 0 Å². The summed E-state index contributed by atoms with van der Waals surface area (Å²) in [7, 11) is 0. The first kappa shape index (κ1) is 66.5. The van der Waals surface area contributed by atoms with Crippen LogP contribution in [0, 0.1) is 23.7 Å². The molecule has 85 heavy (non-hydrogen) atoms. The molecular weight excluding hydrogens is 1770 g/mol. The summed E-state index contributed by atoms with van der Waals surface area (Å²) in [5.41, 5.74) is 4.62. The molecule has 4 aliphatic heterocycles. The Kier molecular flexibility index (Phi) is 22.9. The third kappa shape index (κ3) is 15.5. The number of rotatable bonds is 24. The van der Waals surface area contributed by atoms with E-state index in [-0.39, 0.29) is 115 Å². The first-order valence-corrected chi connectivity index (χ1v) is 27.3. The standard InChI is InChI=1S/C65H64O16.4W/c1-63(2)39-65(55-23-58(79-62(67)48-11-19-52(20-12-48)75-36-46-31-71-32-46)57(21-53(55)63)78-61(66)47-9-17-51(18-10-47)74-35-45-29-70-30-45)40-64(3,4)54-22-59(80-76-37-41-5-13-49(14-6-41)72-33-43-25-68-26-43)60(24-56(54)65)81-77-38-42-7-15-50(16-8-42)73-34-44-27-69-28-44;;;;/h5-24H,25-40H2,1-4H3;;;;/q-4;;;;. The van der Waals surface area contributed by atoms with Crippen LogP contribution >= 0.6 is 0 Å². The zero-order chi connectivity index (χ0) is 55.6. The van der Waals surface area contributed by atoms with Gasteiger partial charge in [-0.25, -0.2) is 33.3 Å². The molecule has 6 aliphatic rings. The fraction of sp³-hybridized carbons (Fsp3) is 0.354. The van der Waals surface area contributed by atoms with Crippen molar-refractivity contribution in [2.75, 3.05) is 79.3 Å². The predicted molar refractivity (Wildman–Crippen MR) is 294 cm³/mol. The molecule has 1 unspecified atom stereocenters. The Bertz CT molecular complexity index is 3200. The molecule has 0 bridgehead atoms. The van der Waals surface area contributed by atoms with E-state index in [9.17, 15) is 9.59 Å². The van der Waals surface area contributed by atoms with Crippen molar-refractivity contribution < 1.29 is 161 Å². The third-order valence-electron chi connectivity index (χ3n) is 15.5. The molecule has 0 aromatic heterocycles. The monoisotopic (exact) mass is 1840 g/mol. The van der Waals surface area contributed by atoms with E-state index in [4.69, 9.17) is 66.9 Å². The van der Waals surface area contributed by atoms with Gasteiger partial charge in [0.1, 0.15) is 36.2 Å². The fourth-order valence-corrected chi connectivity index (χ4v) is 11.0. The minimum atomic E-state index is -0.658. The summed E-state index contributed by atoms with van der Waals surface area (Å²) in [6.07, 6.45) is 1.32. The minimum absolute atomic E-state index is 0. The van der Waals surface area contributed by atoms with E-state index < -0.39 is 28.2 Å². The normalized spacial score (nSPS) is 18.8. The van der Waals surface area contributed by atoms with Crippen molar-refractivity contribution in [3.63, 3.8) is 0 Å². The van der Waals surface area contributed by atoms with Crippen molar-refractivity contribution in [3.8, 4) is 46.0 Å². The van der Waals surface area contributed by atoms with Gasteiger partial charge >= 0.3 is 11.9 Å². The van der Waals surface area contributed by atoms with Crippen molar-refractivity contribution in [1.82, 2.24) is 0 Å². The topological polar surface area (TPSA) is 163 Å². The number of ether oxygens (including phenoxy) is 10. The second-order valence-corrected chi connectivity index (χ2v) is 22.8. The molecule has 0 N–H and O–H groups in total. The fourth-order valence-electron chi connectivity index (χ4n) is 11.0. The van der Waals surface area contributed by atoms with Crippen LogP contribution in [0.3, 0.4) is 0 Å². The van der Waals surface area contributed by atoms with Crippen molar-refractivity contribution >= 4 is 11.9 Å². The van der Waals surface area contributed by atoms with Crippen LogP contribution in [0.15, 0.2) is 121 Å². The van der Waals surface area contributed by atoms with E-state index in [0.717, 1.165) is 56.7 Å². The third-order valence-corrected chi connectivity index (χ3v) is 15.5. The summed E-state index contributed by atoms with van der Waals surface area (Å²) >= 11 is 0. The summed E-state index contributed by atoms with van der Waals surface area (Å²) in [6.45, 7) is 15.8. The van der Waals surface area contributed by atoms with Gasteiger partial charge in [-0.3, -0.25) is 0 Å². The van der Waals surface area contributed by atoms with E-state index in [0.29, 0.717) is 121 Å². The van der Waals surface area contributed by atoms with Gasteiger partial charge in [0.2, 0.25) is 11.5 Å². The molecule has 6 aromatic rings. The number of carbonyl (C=O) groups is 2. The van der Waals surface area contributed by atoms with Crippen LogP contribution in [0.1, 0.15) is 94.6 Å². The Morgan fingerprint density at radius 2 is 0.682 bits per heavy atom. The predicted octanol–water partition coefficient (Wildman–Crippen LogP) is 10.7. The summed E-state index contributed by atoms with van der Waals surface area (Å²) in [4.78, 5) is 52.8. The zero-order valence-corrected chi connectivity index (χ0v) is 59.3. The number of fused-ring (bicyclic) bond motifs is 4. The molecule has 6 aromatic carbocycles. The van der Waals surface area contributed by atoms with E-state index >= 15 is 0 Å². The van der Waals surface area contributed by atoms with E-state index in [1.54, 1.807) is 48.5 Å². The molecule has 16 nitrogen and oxygen atoms in total. The van der Waals surface area contributed by atoms with Crippen LogP contribution in [-0.4, -0.2) is 91.2 Å². The van der Waals surface area contributed by atoms with E-state index in [2.05, 4.69) is 27.7 Å². The molecule has 20 heteroatoms. The molecule has 4 fully saturated rings. The largest absolute Gasteiger partial charge is 0.525 e. The van der Waals surface area contributed by atoms with Gasteiger partial charge in [-0.05, 0) is 181 Å². The maximum Gasteiger partial charge on any atom is 0.343 e. The van der Waals surface area contributed by atoms with Gasteiger partial charge < -0.3 is 57.1 Å². The molecular formula is C65H64O16W4-4. The summed E-state index contributed by atoms with van der Waals surface area (Å²) < 4.78 is 57.3. The molecule has 4 saturated heterocycles.